The molecule has 2 aromatic rings. The Morgan fingerprint density at radius 3 is 2.65 bits per heavy atom. The van der Waals surface area contributed by atoms with E-state index in [2.05, 4.69) is 4.98 Å². The maximum Gasteiger partial charge on any atom is 0.405 e. The van der Waals surface area contributed by atoms with E-state index in [1.54, 1.807) is 17.6 Å². The highest BCUT2D eigenvalue weighted by Crippen LogP contribution is 2.27. The van der Waals surface area contributed by atoms with E-state index < -0.39 is 12.2 Å². The quantitative estimate of drug-likeness (QED) is 0.658. The summed E-state index contributed by atoms with van der Waals surface area (Å²) < 4.78 is 38.4. The molecule has 0 saturated heterocycles. The third-order valence-corrected chi connectivity index (χ3v) is 3.37. The summed E-state index contributed by atoms with van der Waals surface area (Å²) in [4.78, 5) is 4.14. The number of hydrazine groups is 1. The number of hydrogen-bond donors (Lipinski definition) is 2. The van der Waals surface area contributed by atoms with Crippen molar-refractivity contribution in [2.24, 2.45) is 5.84 Å². The zero-order valence-electron chi connectivity index (χ0n) is 8.66. The summed E-state index contributed by atoms with van der Waals surface area (Å²) in [5, 5.41) is 0.423. The largest absolute Gasteiger partial charge is 0.405 e. The number of thiazole rings is 1. The van der Waals surface area contributed by atoms with Crippen molar-refractivity contribution >= 4 is 21.6 Å². The topological polar surface area (TPSA) is 50.9 Å². The molecule has 1 atom stereocenters. The first-order valence-corrected chi connectivity index (χ1v) is 5.69. The van der Waals surface area contributed by atoms with Gasteiger partial charge in [0.05, 0.1) is 15.2 Å². The average Bonchev–Trinajstić information content (AvgIpc) is 2.66. The molecule has 3 nitrogen and oxygen atoms in total. The van der Waals surface area contributed by atoms with E-state index in [1.165, 1.54) is 11.3 Å². The van der Waals surface area contributed by atoms with Crippen molar-refractivity contribution < 1.29 is 13.2 Å². The number of para-hydroxylation sites is 1. The smallest absolute Gasteiger partial charge is 0.271 e. The lowest BCUT2D eigenvalue weighted by atomic mass is 10.2. The van der Waals surface area contributed by atoms with Crippen LogP contribution < -0.4 is 11.3 Å². The third-order valence-electron chi connectivity index (χ3n) is 2.31. The van der Waals surface area contributed by atoms with Crippen molar-refractivity contribution in [1.82, 2.24) is 10.4 Å². The van der Waals surface area contributed by atoms with Crippen LogP contribution in [0.3, 0.4) is 0 Å². The van der Waals surface area contributed by atoms with Gasteiger partial charge in [-0.05, 0) is 12.1 Å². The second-order valence-corrected chi connectivity index (χ2v) is 4.66. The van der Waals surface area contributed by atoms with Gasteiger partial charge < -0.3 is 0 Å². The Kier molecular flexibility index (Phi) is 3.32. The van der Waals surface area contributed by atoms with Gasteiger partial charge in [-0.1, -0.05) is 12.1 Å². The van der Waals surface area contributed by atoms with Crippen LogP contribution in [0.2, 0.25) is 0 Å². The number of rotatable bonds is 3. The normalized spacial score (nSPS) is 14.1. The molecule has 0 fully saturated rings. The van der Waals surface area contributed by atoms with Crippen LogP contribution in [0.5, 0.6) is 0 Å². The summed E-state index contributed by atoms with van der Waals surface area (Å²) in [6.07, 6.45) is -4.62. The lowest BCUT2D eigenvalue weighted by Gasteiger charge is -2.17. The predicted octanol–water partition coefficient (Wildman–Crippen LogP) is 2.23. The number of benzene rings is 1. The molecular weight excluding hydrogens is 251 g/mol. The van der Waals surface area contributed by atoms with Gasteiger partial charge in [0.2, 0.25) is 0 Å². The molecule has 7 heteroatoms. The fourth-order valence-corrected chi connectivity index (χ4v) is 2.46. The Balaban J connectivity index is 2.23. The fourth-order valence-electron chi connectivity index (χ4n) is 1.45. The van der Waals surface area contributed by atoms with Crippen LogP contribution in [0.25, 0.3) is 10.2 Å². The molecule has 1 aromatic heterocycles. The molecule has 0 radical (unpaired) electrons. The molecule has 0 bridgehead atoms. The van der Waals surface area contributed by atoms with E-state index in [1.807, 2.05) is 12.1 Å². The monoisotopic (exact) mass is 261 g/mol. The van der Waals surface area contributed by atoms with Crippen molar-refractivity contribution in [3.63, 3.8) is 0 Å². The number of nitrogens with one attached hydrogen (secondary N) is 1. The summed E-state index contributed by atoms with van der Waals surface area (Å²) in [6, 6.07) is 5.46. The molecule has 0 amide bonds. The number of aromatic nitrogens is 1. The second-order valence-electron chi connectivity index (χ2n) is 3.54. The molecule has 17 heavy (non-hydrogen) atoms. The summed E-state index contributed by atoms with van der Waals surface area (Å²) >= 11 is 1.25. The highest BCUT2D eigenvalue weighted by molar-refractivity contribution is 7.18. The molecule has 0 aliphatic rings. The van der Waals surface area contributed by atoms with E-state index in [0.717, 1.165) is 4.70 Å². The van der Waals surface area contributed by atoms with Crippen LogP contribution in [0.1, 0.15) is 5.01 Å². The van der Waals surface area contributed by atoms with Gasteiger partial charge in [-0.15, -0.1) is 11.3 Å². The van der Waals surface area contributed by atoms with Gasteiger partial charge in [0.15, 0.2) is 0 Å². The van der Waals surface area contributed by atoms with Crippen LogP contribution in [0, 0.1) is 0 Å². The maximum absolute atomic E-state index is 12.5. The Bertz CT molecular complexity index is 476. The van der Waals surface area contributed by atoms with Gasteiger partial charge in [-0.25, -0.2) is 10.4 Å². The third kappa shape index (κ3) is 2.74. The van der Waals surface area contributed by atoms with Crippen LogP contribution in [0.15, 0.2) is 24.3 Å². The lowest BCUT2D eigenvalue weighted by Crippen LogP contribution is -2.47. The molecule has 3 N–H and O–H groups in total. The molecule has 0 aliphatic carbocycles. The van der Waals surface area contributed by atoms with Gasteiger partial charge >= 0.3 is 6.18 Å². The number of nitrogens with zero attached hydrogens (tertiary/aromatic N) is 1. The van der Waals surface area contributed by atoms with Crippen molar-refractivity contribution in [2.45, 2.75) is 18.6 Å². The van der Waals surface area contributed by atoms with Gasteiger partial charge in [0.25, 0.3) is 0 Å². The van der Waals surface area contributed by atoms with Crippen molar-refractivity contribution in [3.05, 3.63) is 29.3 Å². The first-order valence-electron chi connectivity index (χ1n) is 4.88. The number of fused-ring (bicyclic) bond motifs is 1. The number of hydrogen-bond acceptors (Lipinski definition) is 4. The summed E-state index contributed by atoms with van der Waals surface area (Å²) in [5.74, 6) is 4.91. The first kappa shape index (κ1) is 12.3. The van der Waals surface area contributed by atoms with Crippen molar-refractivity contribution in [1.29, 1.82) is 0 Å². The Hall–Kier alpha value is -1.18. The number of alkyl halides is 3. The summed E-state index contributed by atoms with van der Waals surface area (Å²) in [7, 11) is 0. The SMILES string of the molecule is NNC(Cc1nc2ccccc2s1)C(F)(F)F. The van der Waals surface area contributed by atoms with Gasteiger partial charge in [-0.2, -0.15) is 13.2 Å². The summed E-state index contributed by atoms with van der Waals surface area (Å²) in [5.41, 5.74) is 2.49. The molecule has 0 spiro atoms. The zero-order valence-corrected chi connectivity index (χ0v) is 9.48. The number of nitrogens with two attached hydrogens (primary N) is 1. The molecule has 1 aromatic carbocycles. The van der Waals surface area contributed by atoms with Crippen LogP contribution in [-0.2, 0) is 6.42 Å². The fraction of sp³-hybridized carbons (Fsp3) is 0.300. The van der Waals surface area contributed by atoms with Crippen LogP contribution >= 0.6 is 11.3 Å². The molecule has 0 aliphatic heterocycles. The van der Waals surface area contributed by atoms with Gasteiger partial charge in [0.1, 0.15) is 6.04 Å². The predicted molar refractivity (Wildman–Crippen MR) is 60.5 cm³/mol. The minimum absolute atomic E-state index is 0.251. The van der Waals surface area contributed by atoms with Crippen LogP contribution in [-0.4, -0.2) is 17.2 Å². The minimum Gasteiger partial charge on any atom is -0.271 e. The molecular formula is C10H10F3N3S. The van der Waals surface area contributed by atoms with Crippen molar-refractivity contribution in [2.75, 3.05) is 0 Å². The summed E-state index contributed by atoms with van der Waals surface area (Å²) in [6.45, 7) is 0. The number of halogens is 3. The minimum atomic E-state index is -4.37. The van der Waals surface area contributed by atoms with Crippen molar-refractivity contribution in [3.8, 4) is 0 Å². The van der Waals surface area contributed by atoms with Gasteiger partial charge in [0, 0.05) is 6.42 Å². The Morgan fingerprint density at radius 2 is 2.06 bits per heavy atom. The molecule has 0 saturated carbocycles. The average molecular weight is 261 g/mol. The van der Waals surface area contributed by atoms with E-state index in [0.29, 0.717) is 10.5 Å². The molecule has 1 unspecified atom stereocenters. The molecule has 1 heterocycles. The maximum atomic E-state index is 12.5. The molecule has 2 rings (SSSR count). The lowest BCUT2D eigenvalue weighted by molar-refractivity contribution is -0.155. The Labute approximate surface area is 99.4 Å². The Morgan fingerprint density at radius 1 is 1.35 bits per heavy atom. The molecule has 92 valence electrons. The van der Waals surface area contributed by atoms with E-state index in [-0.39, 0.29) is 6.42 Å². The highest BCUT2D eigenvalue weighted by atomic mass is 32.1. The van der Waals surface area contributed by atoms with Crippen LogP contribution in [0.4, 0.5) is 13.2 Å². The zero-order chi connectivity index (χ0) is 12.5. The van der Waals surface area contributed by atoms with Gasteiger partial charge in [-0.3, -0.25) is 5.84 Å². The van der Waals surface area contributed by atoms with E-state index in [4.69, 9.17) is 5.84 Å². The second kappa shape index (κ2) is 4.59. The first-order chi connectivity index (χ1) is 8.00. The van der Waals surface area contributed by atoms with E-state index >= 15 is 0 Å². The highest BCUT2D eigenvalue weighted by Gasteiger charge is 2.39. The standard InChI is InChI=1S/C10H10F3N3S/c11-10(12,13)8(16-14)5-9-15-6-3-1-2-4-7(6)17-9/h1-4,8,16H,5,14H2. The van der Waals surface area contributed by atoms with E-state index in [9.17, 15) is 13.2 Å².